The molecule has 1 aliphatic heterocycles. The number of nitrogens with one attached hydrogen (secondary N) is 2. The lowest BCUT2D eigenvalue weighted by Gasteiger charge is -2.20. The topological polar surface area (TPSA) is 41.1 Å². The molecule has 0 aliphatic carbocycles. The number of halogens is 1. The first-order valence-corrected chi connectivity index (χ1v) is 6.62. The van der Waals surface area contributed by atoms with E-state index in [1.54, 1.807) is 12.1 Å². The van der Waals surface area contributed by atoms with Gasteiger partial charge in [0.25, 0.3) is 5.91 Å². The second-order valence-corrected chi connectivity index (χ2v) is 4.83. The zero-order valence-electron chi connectivity index (χ0n) is 10.9. The van der Waals surface area contributed by atoms with Gasteiger partial charge in [-0.3, -0.25) is 4.79 Å². The van der Waals surface area contributed by atoms with Gasteiger partial charge < -0.3 is 10.6 Å². The number of hydrogen-bond acceptors (Lipinski definition) is 2. The first kappa shape index (κ1) is 12.8. The second kappa shape index (κ2) is 5.43. The molecular weight excluding hydrogens is 255 g/mol. The van der Waals surface area contributed by atoms with Gasteiger partial charge in [-0.1, -0.05) is 18.2 Å². The third-order valence-corrected chi connectivity index (χ3v) is 3.47. The SMILES string of the molecule is O=C(Nc1cccc(F)c1)c1cccc2c1CCNC2. The molecule has 3 nitrogen and oxygen atoms in total. The van der Waals surface area contributed by atoms with Crippen LogP contribution < -0.4 is 10.6 Å². The Balaban J connectivity index is 1.88. The molecule has 102 valence electrons. The van der Waals surface area contributed by atoms with Gasteiger partial charge in [-0.05, 0) is 48.4 Å². The Kier molecular flexibility index (Phi) is 3.48. The summed E-state index contributed by atoms with van der Waals surface area (Å²) in [4.78, 5) is 12.3. The van der Waals surface area contributed by atoms with Crippen LogP contribution in [0.1, 0.15) is 21.5 Å². The molecule has 0 spiro atoms. The molecule has 0 atom stereocenters. The van der Waals surface area contributed by atoms with Gasteiger partial charge in [-0.25, -0.2) is 4.39 Å². The summed E-state index contributed by atoms with van der Waals surface area (Å²) in [5.41, 5.74) is 3.39. The molecule has 3 rings (SSSR count). The van der Waals surface area contributed by atoms with E-state index in [1.807, 2.05) is 18.2 Å². The number of rotatable bonds is 2. The fourth-order valence-electron chi connectivity index (χ4n) is 2.51. The highest BCUT2D eigenvalue weighted by atomic mass is 19.1. The molecule has 0 radical (unpaired) electrons. The van der Waals surface area contributed by atoms with E-state index in [1.165, 1.54) is 12.1 Å². The maximum atomic E-state index is 13.1. The Morgan fingerprint density at radius 1 is 1.20 bits per heavy atom. The molecule has 4 heteroatoms. The molecule has 0 fully saturated rings. The molecule has 1 aliphatic rings. The Morgan fingerprint density at radius 3 is 2.90 bits per heavy atom. The maximum absolute atomic E-state index is 13.1. The van der Waals surface area contributed by atoms with Crippen LogP contribution in [-0.4, -0.2) is 12.5 Å². The zero-order valence-corrected chi connectivity index (χ0v) is 10.9. The molecular formula is C16H15FN2O. The molecule has 0 bridgehead atoms. The van der Waals surface area contributed by atoms with Crippen LogP contribution in [0, 0.1) is 5.82 Å². The van der Waals surface area contributed by atoms with Crippen molar-refractivity contribution >= 4 is 11.6 Å². The van der Waals surface area contributed by atoms with Crippen molar-refractivity contribution in [2.45, 2.75) is 13.0 Å². The summed E-state index contributed by atoms with van der Waals surface area (Å²) in [5, 5.41) is 6.03. The zero-order chi connectivity index (χ0) is 13.9. The van der Waals surface area contributed by atoms with Gasteiger partial charge in [0.15, 0.2) is 0 Å². The number of benzene rings is 2. The van der Waals surface area contributed by atoms with Crippen LogP contribution >= 0.6 is 0 Å². The van der Waals surface area contributed by atoms with Crippen LogP contribution in [-0.2, 0) is 13.0 Å². The molecule has 2 aromatic carbocycles. The summed E-state index contributed by atoms with van der Waals surface area (Å²) >= 11 is 0. The van der Waals surface area contributed by atoms with Crippen molar-refractivity contribution in [1.82, 2.24) is 5.32 Å². The Bertz CT molecular complexity index is 655. The quantitative estimate of drug-likeness (QED) is 0.881. The summed E-state index contributed by atoms with van der Waals surface area (Å²) in [5.74, 6) is -0.545. The third-order valence-electron chi connectivity index (χ3n) is 3.47. The molecule has 20 heavy (non-hydrogen) atoms. The van der Waals surface area contributed by atoms with Crippen LogP contribution in [0.4, 0.5) is 10.1 Å². The normalized spacial score (nSPS) is 13.7. The van der Waals surface area contributed by atoms with Gasteiger partial charge in [0.2, 0.25) is 0 Å². The van der Waals surface area contributed by atoms with Gasteiger partial charge in [0.1, 0.15) is 5.82 Å². The number of carbonyl (C=O) groups is 1. The fraction of sp³-hybridized carbons (Fsp3) is 0.188. The van der Waals surface area contributed by atoms with E-state index in [4.69, 9.17) is 0 Å². The summed E-state index contributed by atoms with van der Waals surface area (Å²) < 4.78 is 13.1. The number of carbonyl (C=O) groups excluding carboxylic acids is 1. The smallest absolute Gasteiger partial charge is 0.255 e. The lowest BCUT2D eigenvalue weighted by molar-refractivity contribution is 0.102. The van der Waals surface area contributed by atoms with Crippen molar-refractivity contribution in [2.24, 2.45) is 0 Å². The van der Waals surface area contributed by atoms with Crippen molar-refractivity contribution in [3.8, 4) is 0 Å². The molecule has 0 saturated heterocycles. The summed E-state index contributed by atoms with van der Waals surface area (Å²) in [6.45, 7) is 1.66. The van der Waals surface area contributed by atoms with Gasteiger partial charge in [-0.2, -0.15) is 0 Å². The van der Waals surface area contributed by atoms with Crippen LogP contribution in [0.3, 0.4) is 0 Å². The second-order valence-electron chi connectivity index (χ2n) is 4.83. The first-order chi connectivity index (χ1) is 9.74. The van der Waals surface area contributed by atoms with Crippen molar-refractivity contribution < 1.29 is 9.18 Å². The number of anilines is 1. The summed E-state index contributed by atoms with van der Waals surface area (Å²) in [7, 11) is 0. The average Bonchev–Trinajstić information content (AvgIpc) is 2.46. The monoisotopic (exact) mass is 270 g/mol. The molecule has 1 heterocycles. The number of amides is 1. The van der Waals surface area contributed by atoms with Crippen LogP contribution in [0.25, 0.3) is 0 Å². The highest BCUT2D eigenvalue weighted by Gasteiger charge is 2.17. The largest absolute Gasteiger partial charge is 0.322 e. The standard InChI is InChI=1S/C16H15FN2O/c17-12-4-2-5-13(9-12)19-16(20)15-6-1-3-11-10-18-8-7-14(11)15/h1-6,9,18H,7-8,10H2,(H,19,20). The van der Waals surface area contributed by atoms with Crippen LogP contribution in [0.5, 0.6) is 0 Å². The first-order valence-electron chi connectivity index (χ1n) is 6.62. The van der Waals surface area contributed by atoms with E-state index in [0.29, 0.717) is 11.3 Å². The minimum Gasteiger partial charge on any atom is -0.322 e. The molecule has 0 aromatic heterocycles. The molecule has 2 N–H and O–H groups in total. The van der Waals surface area contributed by atoms with Crippen molar-refractivity contribution in [3.05, 3.63) is 65.0 Å². The van der Waals surface area contributed by atoms with Crippen molar-refractivity contribution in [3.63, 3.8) is 0 Å². The van der Waals surface area contributed by atoms with Gasteiger partial charge >= 0.3 is 0 Å². The maximum Gasteiger partial charge on any atom is 0.255 e. The predicted molar refractivity (Wildman–Crippen MR) is 76.2 cm³/mol. The predicted octanol–water partition coefficient (Wildman–Crippen LogP) is 2.72. The lowest BCUT2D eigenvalue weighted by Crippen LogP contribution is -2.26. The van der Waals surface area contributed by atoms with E-state index >= 15 is 0 Å². The summed E-state index contributed by atoms with van der Waals surface area (Å²) in [6.07, 6.45) is 0.835. The number of fused-ring (bicyclic) bond motifs is 1. The Morgan fingerprint density at radius 2 is 2.05 bits per heavy atom. The van der Waals surface area contributed by atoms with E-state index in [0.717, 1.165) is 30.6 Å². The molecule has 1 amide bonds. The van der Waals surface area contributed by atoms with Crippen molar-refractivity contribution in [1.29, 1.82) is 0 Å². The van der Waals surface area contributed by atoms with Crippen LogP contribution in [0.2, 0.25) is 0 Å². The van der Waals surface area contributed by atoms with Crippen molar-refractivity contribution in [2.75, 3.05) is 11.9 Å². The third kappa shape index (κ3) is 2.56. The van der Waals surface area contributed by atoms with Gasteiger partial charge in [0.05, 0.1) is 0 Å². The summed E-state index contributed by atoms with van der Waals surface area (Å²) in [6, 6.07) is 11.7. The van der Waals surface area contributed by atoms with E-state index in [2.05, 4.69) is 10.6 Å². The molecule has 0 saturated carbocycles. The Hall–Kier alpha value is -2.20. The van der Waals surface area contributed by atoms with E-state index in [9.17, 15) is 9.18 Å². The Labute approximate surface area is 116 Å². The van der Waals surface area contributed by atoms with Gasteiger partial charge in [-0.15, -0.1) is 0 Å². The molecule has 2 aromatic rings. The molecule has 0 unspecified atom stereocenters. The van der Waals surface area contributed by atoms with Gasteiger partial charge in [0, 0.05) is 17.8 Å². The van der Waals surface area contributed by atoms with Crippen LogP contribution in [0.15, 0.2) is 42.5 Å². The fourth-order valence-corrected chi connectivity index (χ4v) is 2.51. The lowest BCUT2D eigenvalue weighted by atomic mass is 9.95. The minimum atomic E-state index is -0.359. The van der Waals surface area contributed by atoms with E-state index in [-0.39, 0.29) is 11.7 Å². The minimum absolute atomic E-state index is 0.186. The van der Waals surface area contributed by atoms with E-state index < -0.39 is 0 Å². The highest BCUT2D eigenvalue weighted by molar-refractivity contribution is 6.05. The average molecular weight is 270 g/mol. The highest BCUT2D eigenvalue weighted by Crippen LogP contribution is 2.20. The number of hydrogen-bond donors (Lipinski definition) is 2.